The summed E-state index contributed by atoms with van der Waals surface area (Å²) in [5, 5.41) is 25.6. The number of rotatable bonds is 10. The van der Waals surface area contributed by atoms with Crippen LogP contribution < -0.4 is 20.1 Å². The van der Waals surface area contributed by atoms with Crippen molar-refractivity contribution in [2.75, 3.05) is 24.2 Å². The van der Waals surface area contributed by atoms with Crippen molar-refractivity contribution in [3.05, 3.63) is 69.6 Å². The van der Waals surface area contributed by atoms with E-state index in [-0.39, 0.29) is 50.1 Å². The minimum absolute atomic E-state index is 0.0474. The Balaban J connectivity index is 1.02. The van der Waals surface area contributed by atoms with E-state index in [0.717, 1.165) is 41.3 Å². The Kier molecular flexibility index (Phi) is 8.65. The Morgan fingerprint density at radius 2 is 1.65 bits per heavy atom. The highest BCUT2D eigenvalue weighted by molar-refractivity contribution is 7.15. The van der Waals surface area contributed by atoms with E-state index < -0.39 is 0 Å². The topological polar surface area (TPSA) is 147 Å². The SMILES string of the molecule is C=C(CC(=O)Nc1nnc([C@H]2CCC[C@H](c3nnc(NC(=O)Cc4cccc5c4OCO5)s3)C2)s1)C1=C(/C=C\C)OCO1. The molecule has 14 heteroatoms. The average molecular weight is 623 g/mol. The van der Waals surface area contributed by atoms with Gasteiger partial charge in [0.05, 0.1) is 12.8 Å². The van der Waals surface area contributed by atoms with Gasteiger partial charge in [-0.05, 0) is 38.3 Å². The minimum atomic E-state index is -0.252. The normalized spacial score (nSPS) is 19.3. The molecule has 0 saturated heterocycles. The zero-order chi connectivity index (χ0) is 29.8. The highest BCUT2D eigenvalue weighted by Crippen LogP contribution is 2.43. The highest BCUT2D eigenvalue weighted by atomic mass is 32.1. The lowest BCUT2D eigenvalue weighted by Crippen LogP contribution is -2.14. The number of hydrogen-bond acceptors (Lipinski definition) is 12. The van der Waals surface area contributed by atoms with Crippen LogP contribution >= 0.6 is 22.7 Å². The summed E-state index contributed by atoms with van der Waals surface area (Å²) in [7, 11) is 0. The molecule has 0 radical (unpaired) electrons. The smallest absolute Gasteiger partial charge is 0.231 e. The molecule has 3 aromatic rings. The van der Waals surface area contributed by atoms with Crippen LogP contribution in [0.25, 0.3) is 0 Å². The molecule has 12 nitrogen and oxygen atoms in total. The van der Waals surface area contributed by atoms with Crippen molar-refractivity contribution in [1.82, 2.24) is 20.4 Å². The fourth-order valence-corrected chi connectivity index (χ4v) is 7.10. The summed E-state index contributed by atoms with van der Waals surface area (Å²) in [5.41, 5.74) is 1.29. The van der Waals surface area contributed by atoms with Gasteiger partial charge in [-0.25, -0.2) is 0 Å². The fourth-order valence-electron chi connectivity index (χ4n) is 5.28. The van der Waals surface area contributed by atoms with E-state index in [2.05, 4.69) is 37.6 Å². The van der Waals surface area contributed by atoms with Gasteiger partial charge in [-0.3, -0.25) is 9.59 Å². The molecule has 6 rings (SSSR count). The molecular weight excluding hydrogens is 592 g/mol. The van der Waals surface area contributed by atoms with Gasteiger partial charge in [0, 0.05) is 23.0 Å². The Morgan fingerprint density at radius 1 is 0.953 bits per heavy atom. The Hall–Kier alpha value is -4.30. The number of ether oxygens (including phenoxy) is 4. The number of allylic oxidation sites excluding steroid dienone is 3. The van der Waals surface area contributed by atoms with Crippen LogP contribution in [0, 0.1) is 0 Å². The average Bonchev–Trinajstić information content (AvgIpc) is 3.81. The molecule has 1 fully saturated rings. The van der Waals surface area contributed by atoms with Crippen molar-refractivity contribution in [3.63, 3.8) is 0 Å². The molecule has 0 spiro atoms. The van der Waals surface area contributed by atoms with Crippen LogP contribution in [-0.4, -0.2) is 45.8 Å². The molecule has 3 aliphatic rings. The van der Waals surface area contributed by atoms with Crippen molar-refractivity contribution >= 4 is 44.8 Å². The maximum atomic E-state index is 12.7. The predicted molar refractivity (Wildman–Crippen MR) is 160 cm³/mol. The Labute approximate surface area is 255 Å². The molecule has 43 heavy (non-hydrogen) atoms. The van der Waals surface area contributed by atoms with E-state index >= 15 is 0 Å². The zero-order valence-corrected chi connectivity index (χ0v) is 25.1. The summed E-state index contributed by atoms with van der Waals surface area (Å²) >= 11 is 2.78. The summed E-state index contributed by atoms with van der Waals surface area (Å²) in [6, 6.07) is 5.50. The van der Waals surface area contributed by atoms with Crippen LogP contribution in [0.3, 0.4) is 0 Å². The number of carbonyl (C=O) groups excluding carboxylic acids is 2. The first-order valence-electron chi connectivity index (χ1n) is 13.9. The molecule has 0 unspecified atom stereocenters. The van der Waals surface area contributed by atoms with E-state index in [0.29, 0.717) is 38.9 Å². The van der Waals surface area contributed by atoms with Crippen molar-refractivity contribution in [2.45, 2.75) is 57.3 Å². The summed E-state index contributed by atoms with van der Waals surface area (Å²) in [5.74, 6) is 2.25. The zero-order valence-electron chi connectivity index (χ0n) is 23.5. The molecule has 2 aliphatic heterocycles. The molecule has 4 heterocycles. The molecular formula is C29H30N6O6S2. The van der Waals surface area contributed by atoms with Crippen LogP contribution in [0.4, 0.5) is 10.3 Å². The summed E-state index contributed by atoms with van der Waals surface area (Å²) < 4.78 is 21.8. The number of nitrogens with zero attached hydrogens (tertiary/aromatic N) is 4. The molecule has 2 amide bonds. The minimum Gasteiger partial charge on any atom is -0.454 e. The standard InChI is InChI=1S/C29H30N6O6S2/c1-3-6-20-24(40-14-38-20)16(2)11-22(36)30-28-34-32-26(42-28)18-8-4-9-19(12-18)27-33-35-29(43-27)31-23(37)13-17-7-5-10-21-25(17)41-15-39-21/h3,5-7,10,18-19H,2,4,8-9,11-15H2,1H3,(H,30,34,36)(H,31,35,37)/b6-3-/t18-,19-/m0/s1. The van der Waals surface area contributed by atoms with Crippen LogP contribution in [0.1, 0.15) is 66.4 Å². The third-order valence-corrected chi connectivity index (χ3v) is 9.23. The number of amides is 2. The second-order valence-corrected chi connectivity index (χ2v) is 12.3. The summed E-state index contributed by atoms with van der Waals surface area (Å²) in [6.45, 7) is 6.11. The van der Waals surface area contributed by atoms with Gasteiger partial charge in [0.25, 0.3) is 0 Å². The van der Waals surface area contributed by atoms with Gasteiger partial charge in [-0.2, -0.15) is 0 Å². The van der Waals surface area contributed by atoms with Gasteiger partial charge >= 0.3 is 0 Å². The lowest BCUT2D eigenvalue weighted by atomic mass is 9.82. The van der Waals surface area contributed by atoms with Gasteiger partial charge < -0.3 is 29.6 Å². The van der Waals surface area contributed by atoms with E-state index in [4.69, 9.17) is 18.9 Å². The number of hydrogen-bond donors (Lipinski definition) is 2. The fraction of sp³-hybridized carbons (Fsp3) is 0.379. The molecule has 0 bridgehead atoms. The lowest BCUT2D eigenvalue weighted by Gasteiger charge is -2.25. The quantitative estimate of drug-likeness (QED) is 0.301. The van der Waals surface area contributed by atoms with Crippen molar-refractivity contribution in [1.29, 1.82) is 0 Å². The van der Waals surface area contributed by atoms with Gasteiger partial charge in [0.2, 0.25) is 35.7 Å². The maximum Gasteiger partial charge on any atom is 0.231 e. The van der Waals surface area contributed by atoms with E-state index in [1.165, 1.54) is 22.7 Å². The first-order valence-corrected chi connectivity index (χ1v) is 15.5. The number of carbonyl (C=O) groups is 2. The Bertz CT molecular complexity index is 1600. The number of nitrogens with one attached hydrogen (secondary N) is 2. The highest BCUT2D eigenvalue weighted by Gasteiger charge is 2.30. The van der Waals surface area contributed by atoms with Crippen LogP contribution in [0.2, 0.25) is 0 Å². The van der Waals surface area contributed by atoms with E-state index in [1.54, 1.807) is 6.08 Å². The Morgan fingerprint density at radius 3 is 2.37 bits per heavy atom. The van der Waals surface area contributed by atoms with Gasteiger partial charge in [0.15, 0.2) is 23.0 Å². The third kappa shape index (κ3) is 6.70. The van der Waals surface area contributed by atoms with Crippen molar-refractivity contribution in [2.24, 2.45) is 0 Å². The van der Waals surface area contributed by atoms with E-state index in [1.807, 2.05) is 31.2 Å². The third-order valence-electron chi connectivity index (χ3n) is 7.23. The lowest BCUT2D eigenvalue weighted by molar-refractivity contribution is -0.116. The monoisotopic (exact) mass is 622 g/mol. The largest absolute Gasteiger partial charge is 0.454 e. The second kappa shape index (κ2) is 12.9. The maximum absolute atomic E-state index is 12.7. The van der Waals surface area contributed by atoms with Gasteiger partial charge in [0.1, 0.15) is 10.0 Å². The summed E-state index contributed by atoms with van der Waals surface area (Å²) in [4.78, 5) is 25.4. The number of anilines is 2. The first kappa shape index (κ1) is 28.8. The molecule has 224 valence electrons. The second-order valence-electron chi connectivity index (χ2n) is 10.3. The van der Waals surface area contributed by atoms with Crippen LogP contribution in [0.5, 0.6) is 11.5 Å². The van der Waals surface area contributed by atoms with Crippen LogP contribution in [0.15, 0.2) is 54.0 Å². The van der Waals surface area contributed by atoms with Crippen molar-refractivity contribution < 1.29 is 28.5 Å². The molecule has 1 aliphatic carbocycles. The molecule has 1 aromatic carbocycles. The van der Waals surface area contributed by atoms with E-state index in [9.17, 15) is 9.59 Å². The molecule has 2 N–H and O–H groups in total. The number of aromatic nitrogens is 4. The van der Waals surface area contributed by atoms with Gasteiger partial charge in [-0.15, -0.1) is 20.4 Å². The van der Waals surface area contributed by atoms with Crippen LogP contribution in [-0.2, 0) is 25.5 Å². The molecule has 2 aromatic heterocycles. The molecule has 2 atom stereocenters. The number of fused-ring (bicyclic) bond motifs is 1. The number of para-hydroxylation sites is 1. The molecule has 1 saturated carbocycles. The number of benzene rings is 1. The van der Waals surface area contributed by atoms with Gasteiger partial charge in [-0.1, -0.05) is 53.9 Å². The predicted octanol–water partition coefficient (Wildman–Crippen LogP) is 5.42. The first-order chi connectivity index (χ1) is 21.0. The van der Waals surface area contributed by atoms with Crippen molar-refractivity contribution in [3.8, 4) is 11.5 Å². The summed E-state index contributed by atoms with van der Waals surface area (Å²) in [6.07, 6.45) is 7.61.